The molecule has 0 spiro atoms. The zero-order valence-corrected chi connectivity index (χ0v) is 24.5. The molecular formula is C34H69. The summed E-state index contributed by atoms with van der Waals surface area (Å²) in [6.45, 7) is 4.61. The molecule has 0 saturated heterocycles. The van der Waals surface area contributed by atoms with Crippen LogP contribution in [0.4, 0.5) is 0 Å². The Labute approximate surface area is 219 Å². The van der Waals surface area contributed by atoms with Gasteiger partial charge in [0.25, 0.3) is 0 Å². The van der Waals surface area contributed by atoms with Crippen LogP contribution in [0.15, 0.2) is 0 Å². The second-order valence-electron chi connectivity index (χ2n) is 11.4. The highest BCUT2D eigenvalue weighted by Gasteiger charge is 1.97. The molecule has 1 radical (unpaired) electrons. The predicted octanol–water partition coefficient (Wildman–Crippen LogP) is 13.3. The highest BCUT2D eigenvalue weighted by atomic mass is 14.0. The van der Waals surface area contributed by atoms with E-state index in [0.29, 0.717) is 0 Å². The fourth-order valence-electron chi connectivity index (χ4n) is 5.29. The molecule has 0 fully saturated rings. The maximum atomic E-state index is 2.58. The topological polar surface area (TPSA) is 0 Å². The van der Waals surface area contributed by atoms with Crippen molar-refractivity contribution in [2.45, 2.75) is 213 Å². The van der Waals surface area contributed by atoms with Crippen molar-refractivity contribution in [3.05, 3.63) is 6.42 Å². The summed E-state index contributed by atoms with van der Waals surface area (Å²) in [5.41, 5.74) is 0. The van der Waals surface area contributed by atoms with Crippen molar-refractivity contribution in [2.75, 3.05) is 0 Å². The first-order chi connectivity index (χ1) is 16.9. The van der Waals surface area contributed by atoms with Gasteiger partial charge in [0, 0.05) is 0 Å². The predicted molar refractivity (Wildman–Crippen MR) is 159 cm³/mol. The van der Waals surface area contributed by atoms with E-state index in [4.69, 9.17) is 0 Å². The van der Waals surface area contributed by atoms with E-state index in [-0.39, 0.29) is 0 Å². The van der Waals surface area contributed by atoms with Crippen LogP contribution < -0.4 is 0 Å². The first kappa shape index (κ1) is 34.0. The van der Waals surface area contributed by atoms with Gasteiger partial charge in [-0.1, -0.05) is 213 Å². The molecule has 0 saturated carbocycles. The Bertz CT molecular complexity index is 288. The van der Waals surface area contributed by atoms with Gasteiger partial charge in [-0.2, -0.15) is 0 Å². The lowest BCUT2D eigenvalue weighted by molar-refractivity contribution is 0.519. The zero-order valence-electron chi connectivity index (χ0n) is 24.5. The molecule has 0 N–H and O–H groups in total. The molecule has 0 nitrogen and oxygen atoms in total. The van der Waals surface area contributed by atoms with Crippen molar-refractivity contribution in [3.63, 3.8) is 0 Å². The molecule has 0 aliphatic carbocycles. The molecule has 0 amide bonds. The van der Waals surface area contributed by atoms with Crippen LogP contribution in [0, 0.1) is 6.42 Å². The Morgan fingerprint density at radius 1 is 0.235 bits per heavy atom. The number of rotatable bonds is 31. The summed E-state index contributed by atoms with van der Waals surface area (Å²) in [5.74, 6) is 0. The summed E-state index contributed by atoms with van der Waals surface area (Å²) in [7, 11) is 0. The first-order valence-electron chi connectivity index (χ1n) is 16.7. The molecule has 0 aliphatic rings. The van der Waals surface area contributed by atoms with Gasteiger partial charge in [0.1, 0.15) is 0 Å². The van der Waals surface area contributed by atoms with E-state index in [1.165, 1.54) is 199 Å². The van der Waals surface area contributed by atoms with Crippen LogP contribution in [-0.4, -0.2) is 0 Å². The van der Waals surface area contributed by atoms with Crippen LogP contribution in [0.25, 0.3) is 0 Å². The van der Waals surface area contributed by atoms with Crippen LogP contribution in [0.5, 0.6) is 0 Å². The molecule has 0 bridgehead atoms. The molecule has 0 atom stereocenters. The van der Waals surface area contributed by atoms with E-state index < -0.39 is 0 Å². The van der Waals surface area contributed by atoms with E-state index in [1.54, 1.807) is 0 Å². The fraction of sp³-hybridized carbons (Fsp3) is 0.971. The quantitative estimate of drug-likeness (QED) is 0.0870. The van der Waals surface area contributed by atoms with Crippen molar-refractivity contribution < 1.29 is 0 Å². The lowest BCUT2D eigenvalue weighted by atomic mass is 10.0. The Kier molecular flexibility index (Phi) is 33.0. The first-order valence-corrected chi connectivity index (χ1v) is 16.7. The Morgan fingerprint density at radius 2 is 0.412 bits per heavy atom. The summed E-state index contributed by atoms with van der Waals surface area (Å²) in [4.78, 5) is 0. The lowest BCUT2D eigenvalue weighted by Crippen LogP contribution is -1.85. The van der Waals surface area contributed by atoms with E-state index in [1.807, 2.05) is 0 Å². The molecular weight excluding hydrogens is 408 g/mol. The second kappa shape index (κ2) is 33.0. The number of hydrogen-bond acceptors (Lipinski definition) is 0. The van der Waals surface area contributed by atoms with Gasteiger partial charge in [0.15, 0.2) is 0 Å². The summed E-state index contributed by atoms with van der Waals surface area (Å²) in [6.07, 6.45) is 47.9. The average molecular weight is 478 g/mol. The maximum absolute atomic E-state index is 2.58. The lowest BCUT2D eigenvalue weighted by Gasteiger charge is -2.04. The Morgan fingerprint density at radius 3 is 0.618 bits per heavy atom. The van der Waals surface area contributed by atoms with E-state index in [2.05, 4.69) is 20.3 Å². The normalized spacial score (nSPS) is 11.5. The van der Waals surface area contributed by atoms with Crippen LogP contribution in [0.3, 0.4) is 0 Å². The third kappa shape index (κ3) is 32.0. The van der Waals surface area contributed by atoms with Crippen molar-refractivity contribution in [3.8, 4) is 0 Å². The molecule has 205 valence electrons. The van der Waals surface area contributed by atoms with Crippen LogP contribution >= 0.6 is 0 Å². The second-order valence-corrected chi connectivity index (χ2v) is 11.4. The number of hydrogen-bond donors (Lipinski definition) is 0. The summed E-state index contributed by atoms with van der Waals surface area (Å²) < 4.78 is 0. The summed E-state index contributed by atoms with van der Waals surface area (Å²) in [6, 6.07) is 0. The largest absolute Gasteiger partial charge is 0.0654 e. The van der Waals surface area contributed by atoms with Gasteiger partial charge < -0.3 is 0 Å². The van der Waals surface area contributed by atoms with E-state index in [0.717, 1.165) is 0 Å². The molecule has 0 aliphatic heterocycles. The molecule has 0 unspecified atom stereocenters. The van der Waals surface area contributed by atoms with Crippen LogP contribution in [-0.2, 0) is 0 Å². The third-order valence-corrected chi connectivity index (χ3v) is 7.77. The van der Waals surface area contributed by atoms with Gasteiger partial charge in [-0.3, -0.25) is 0 Å². The van der Waals surface area contributed by atoms with Gasteiger partial charge in [-0.05, 0) is 6.42 Å². The summed E-state index contributed by atoms with van der Waals surface area (Å²) in [5, 5.41) is 0. The molecule has 0 aromatic heterocycles. The molecule has 0 aromatic carbocycles. The van der Waals surface area contributed by atoms with Crippen LogP contribution in [0.1, 0.15) is 213 Å². The minimum absolute atomic E-state index is 1.37. The average Bonchev–Trinajstić information content (AvgIpc) is 2.85. The van der Waals surface area contributed by atoms with Gasteiger partial charge in [0.05, 0.1) is 0 Å². The monoisotopic (exact) mass is 478 g/mol. The summed E-state index contributed by atoms with van der Waals surface area (Å²) >= 11 is 0. The van der Waals surface area contributed by atoms with Crippen molar-refractivity contribution >= 4 is 0 Å². The Balaban J connectivity index is 2.99. The Hall–Kier alpha value is 0. The van der Waals surface area contributed by atoms with Gasteiger partial charge in [0.2, 0.25) is 0 Å². The minimum atomic E-state index is 1.37. The maximum Gasteiger partial charge on any atom is -0.0386 e. The molecule has 0 heteroatoms. The minimum Gasteiger partial charge on any atom is -0.0654 e. The standard InChI is InChI=1S/C34H69/c1-3-5-7-9-11-13-15-17-19-21-23-25-27-29-31-33-34-32-30-28-26-24-22-20-18-16-14-12-10-8-6-4-2/h21H,3-20,22-34H2,1-2H3. The van der Waals surface area contributed by atoms with Gasteiger partial charge in [-0.15, -0.1) is 0 Å². The smallest absolute Gasteiger partial charge is 0.0386 e. The van der Waals surface area contributed by atoms with Crippen molar-refractivity contribution in [1.29, 1.82) is 0 Å². The van der Waals surface area contributed by atoms with Crippen LogP contribution in [0.2, 0.25) is 0 Å². The van der Waals surface area contributed by atoms with Gasteiger partial charge in [-0.25, -0.2) is 0 Å². The SMILES string of the molecule is CCCCCCCCCC[CH]CCCCCCCCCCCCCCCCCCCCCCC. The number of unbranched alkanes of at least 4 members (excludes halogenated alkanes) is 31. The van der Waals surface area contributed by atoms with E-state index in [9.17, 15) is 0 Å². The highest BCUT2D eigenvalue weighted by Crippen LogP contribution is 2.16. The zero-order chi connectivity index (χ0) is 24.6. The van der Waals surface area contributed by atoms with Crippen molar-refractivity contribution in [2.24, 2.45) is 0 Å². The van der Waals surface area contributed by atoms with Crippen molar-refractivity contribution in [1.82, 2.24) is 0 Å². The van der Waals surface area contributed by atoms with E-state index >= 15 is 0 Å². The fourth-order valence-corrected chi connectivity index (χ4v) is 5.29. The molecule has 34 heavy (non-hydrogen) atoms. The molecule has 0 aromatic rings. The van der Waals surface area contributed by atoms with Gasteiger partial charge >= 0.3 is 0 Å². The highest BCUT2D eigenvalue weighted by molar-refractivity contribution is 4.64. The molecule has 0 rings (SSSR count). The third-order valence-electron chi connectivity index (χ3n) is 7.77. The molecule has 0 heterocycles.